The van der Waals surface area contributed by atoms with Crippen LogP contribution in [0.15, 0.2) is 48.8 Å². The molecule has 3 rings (SSSR count). The molecule has 0 radical (unpaired) electrons. The molecule has 0 aliphatic carbocycles. The summed E-state index contributed by atoms with van der Waals surface area (Å²) in [6, 6.07) is 10.7. The molecule has 104 valence electrons. The highest BCUT2D eigenvalue weighted by molar-refractivity contribution is 5.97. The van der Waals surface area contributed by atoms with Gasteiger partial charge in [-0.2, -0.15) is 15.4 Å². The molecule has 0 fully saturated rings. The van der Waals surface area contributed by atoms with Gasteiger partial charge in [0.1, 0.15) is 17.2 Å². The van der Waals surface area contributed by atoms with Gasteiger partial charge in [-0.1, -0.05) is 12.1 Å². The van der Waals surface area contributed by atoms with E-state index in [9.17, 15) is 4.79 Å². The highest BCUT2D eigenvalue weighted by Crippen LogP contribution is 2.32. The van der Waals surface area contributed by atoms with Crippen molar-refractivity contribution >= 4 is 5.91 Å². The number of nitrogens with two attached hydrogens (primary N) is 1. The molecule has 0 atom stereocenters. The van der Waals surface area contributed by atoms with E-state index in [1.54, 1.807) is 36.7 Å². The van der Waals surface area contributed by atoms with Crippen molar-refractivity contribution in [2.45, 2.75) is 0 Å². The molecule has 2 aromatic heterocycles. The molecule has 0 aliphatic heterocycles. The molecule has 0 bridgehead atoms. The summed E-state index contributed by atoms with van der Waals surface area (Å²) in [6.07, 6.45) is 3.25. The molecule has 0 unspecified atom stereocenters. The SMILES string of the molecule is NC(=O)c1n[nH]nc1-c1ccccc1Oc1cccnc1. The van der Waals surface area contributed by atoms with E-state index in [0.717, 1.165) is 0 Å². The third-order valence-corrected chi connectivity index (χ3v) is 2.79. The molecule has 0 saturated heterocycles. The quantitative estimate of drug-likeness (QED) is 0.757. The monoisotopic (exact) mass is 281 g/mol. The topological polar surface area (TPSA) is 107 Å². The molecule has 2 heterocycles. The fourth-order valence-electron chi connectivity index (χ4n) is 1.88. The summed E-state index contributed by atoms with van der Waals surface area (Å²) in [5, 5.41) is 10.1. The molecule has 21 heavy (non-hydrogen) atoms. The van der Waals surface area contributed by atoms with E-state index >= 15 is 0 Å². The number of amides is 1. The molecular formula is C14H11N5O2. The number of carbonyl (C=O) groups is 1. The second kappa shape index (κ2) is 5.41. The largest absolute Gasteiger partial charge is 0.455 e. The third kappa shape index (κ3) is 2.57. The number of ether oxygens (including phenoxy) is 1. The Balaban J connectivity index is 2.04. The maximum atomic E-state index is 11.4. The number of aromatic nitrogens is 4. The van der Waals surface area contributed by atoms with Crippen LogP contribution in [0.4, 0.5) is 0 Å². The van der Waals surface area contributed by atoms with Crippen LogP contribution in [-0.2, 0) is 0 Å². The predicted molar refractivity (Wildman–Crippen MR) is 74.6 cm³/mol. The lowest BCUT2D eigenvalue weighted by Gasteiger charge is -2.09. The highest BCUT2D eigenvalue weighted by Gasteiger charge is 2.18. The van der Waals surface area contributed by atoms with Gasteiger partial charge in [-0.05, 0) is 24.3 Å². The first kappa shape index (κ1) is 12.8. The summed E-state index contributed by atoms with van der Waals surface area (Å²) in [4.78, 5) is 15.4. The van der Waals surface area contributed by atoms with Gasteiger partial charge in [0.25, 0.3) is 5.91 Å². The summed E-state index contributed by atoms with van der Waals surface area (Å²) in [7, 11) is 0. The molecule has 3 N–H and O–H groups in total. The average Bonchev–Trinajstić information content (AvgIpc) is 2.98. The van der Waals surface area contributed by atoms with Crippen molar-refractivity contribution in [3.63, 3.8) is 0 Å². The molecule has 0 spiro atoms. The molecule has 0 aliphatic rings. The first-order valence-corrected chi connectivity index (χ1v) is 6.13. The van der Waals surface area contributed by atoms with Crippen LogP contribution in [0.25, 0.3) is 11.3 Å². The zero-order valence-electron chi connectivity index (χ0n) is 10.9. The van der Waals surface area contributed by atoms with Crippen molar-refractivity contribution in [2.24, 2.45) is 5.73 Å². The number of carbonyl (C=O) groups excluding carboxylic acids is 1. The summed E-state index contributed by atoms with van der Waals surface area (Å²) >= 11 is 0. The fraction of sp³-hybridized carbons (Fsp3) is 0. The summed E-state index contributed by atoms with van der Waals surface area (Å²) in [5.74, 6) is 0.450. The molecule has 1 amide bonds. The number of primary amides is 1. The lowest BCUT2D eigenvalue weighted by atomic mass is 10.1. The Bertz CT molecular complexity index is 770. The first-order chi connectivity index (χ1) is 10.3. The molecular weight excluding hydrogens is 270 g/mol. The van der Waals surface area contributed by atoms with Crippen molar-refractivity contribution in [3.8, 4) is 22.8 Å². The van der Waals surface area contributed by atoms with Crippen molar-refractivity contribution < 1.29 is 9.53 Å². The van der Waals surface area contributed by atoms with Crippen LogP contribution in [0, 0.1) is 0 Å². The molecule has 0 saturated carbocycles. The van der Waals surface area contributed by atoms with Crippen molar-refractivity contribution in [3.05, 3.63) is 54.5 Å². The van der Waals surface area contributed by atoms with Crippen LogP contribution < -0.4 is 10.5 Å². The number of nitrogens with zero attached hydrogens (tertiary/aromatic N) is 3. The highest BCUT2D eigenvalue weighted by atomic mass is 16.5. The van der Waals surface area contributed by atoms with Gasteiger partial charge < -0.3 is 10.5 Å². The van der Waals surface area contributed by atoms with Crippen molar-refractivity contribution in [1.82, 2.24) is 20.4 Å². The van der Waals surface area contributed by atoms with Gasteiger partial charge >= 0.3 is 0 Å². The Morgan fingerprint density at radius 2 is 2.00 bits per heavy atom. The van der Waals surface area contributed by atoms with Gasteiger partial charge in [0.15, 0.2) is 5.69 Å². The van der Waals surface area contributed by atoms with Gasteiger partial charge in [-0.25, -0.2) is 0 Å². The molecule has 7 heteroatoms. The number of benzene rings is 1. The van der Waals surface area contributed by atoms with Crippen LogP contribution >= 0.6 is 0 Å². The number of H-pyrrole nitrogens is 1. The van der Waals surface area contributed by atoms with E-state index in [1.165, 1.54) is 0 Å². The van der Waals surface area contributed by atoms with E-state index in [2.05, 4.69) is 20.4 Å². The minimum atomic E-state index is -0.657. The Morgan fingerprint density at radius 3 is 2.76 bits per heavy atom. The maximum Gasteiger partial charge on any atom is 0.271 e. The van der Waals surface area contributed by atoms with Crippen LogP contribution in [0.1, 0.15) is 10.5 Å². The average molecular weight is 281 g/mol. The smallest absolute Gasteiger partial charge is 0.271 e. The summed E-state index contributed by atoms with van der Waals surface area (Å²) < 4.78 is 5.77. The summed E-state index contributed by atoms with van der Waals surface area (Å²) in [6.45, 7) is 0. The van der Waals surface area contributed by atoms with E-state index < -0.39 is 5.91 Å². The number of nitrogens with one attached hydrogen (secondary N) is 1. The predicted octanol–water partition coefficient (Wildman–Crippen LogP) is 1.76. The van der Waals surface area contributed by atoms with Gasteiger partial charge in [-0.15, -0.1) is 0 Å². The minimum absolute atomic E-state index is 0.0669. The van der Waals surface area contributed by atoms with Crippen molar-refractivity contribution in [1.29, 1.82) is 0 Å². The number of para-hydroxylation sites is 1. The molecule has 3 aromatic rings. The van der Waals surface area contributed by atoms with Gasteiger partial charge in [0.05, 0.1) is 6.20 Å². The zero-order valence-corrected chi connectivity index (χ0v) is 10.9. The standard InChI is InChI=1S/C14H11N5O2/c15-14(20)13-12(17-19-18-13)10-5-1-2-6-11(10)21-9-4-3-7-16-8-9/h1-8H,(H2,15,20)(H,17,18,19). The van der Waals surface area contributed by atoms with E-state index in [0.29, 0.717) is 22.8 Å². The second-order valence-electron chi connectivity index (χ2n) is 4.17. The van der Waals surface area contributed by atoms with E-state index in [1.807, 2.05) is 12.1 Å². The lowest BCUT2D eigenvalue weighted by Crippen LogP contribution is -2.12. The van der Waals surface area contributed by atoms with Crippen LogP contribution in [0.2, 0.25) is 0 Å². The van der Waals surface area contributed by atoms with Crippen LogP contribution in [0.3, 0.4) is 0 Å². The Labute approximate surface area is 119 Å². The zero-order chi connectivity index (χ0) is 14.7. The van der Waals surface area contributed by atoms with Gasteiger partial charge in [0.2, 0.25) is 0 Å². The summed E-state index contributed by atoms with van der Waals surface area (Å²) in [5.41, 5.74) is 6.32. The molecule has 1 aromatic carbocycles. The molecule has 7 nitrogen and oxygen atoms in total. The Hall–Kier alpha value is -3.22. The normalized spacial score (nSPS) is 10.3. The lowest BCUT2D eigenvalue weighted by molar-refractivity contribution is 0.0996. The van der Waals surface area contributed by atoms with E-state index in [4.69, 9.17) is 10.5 Å². The second-order valence-corrected chi connectivity index (χ2v) is 4.17. The Morgan fingerprint density at radius 1 is 1.14 bits per heavy atom. The van der Waals surface area contributed by atoms with Crippen LogP contribution in [-0.4, -0.2) is 26.3 Å². The third-order valence-electron chi connectivity index (χ3n) is 2.79. The fourth-order valence-corrected chi connectivity index (χ4v) is 1.88. The van der Waals surface area contributed by atoms with Crippen molar-refractivity contribution in [2.75, 3.05) is 0 Å². The Kier molecular flexibility index (Phi) is 3.30. The maximum absolute atomic E-state index is 11.4. The van der Waals surface area contributed by atoms with Gasteiger partial charge in [-0.3, -0.25) is 9.78 Å². The first-order valence-electron chi connectivity index (χ1n) is 6.13. The number of aromatic amines is 1. The number of hydrogen-bond donors (Lipinski definition) is 2. The number of hydrogen-bond acceptors (Lipinski definition) is 5. The van der Waals surface area contributed by atoms with E-state index in [-0.39, 0.29) is 5.69 Å². The van der Waals surface area contributed by atoms with Gasteiger partial charge in [0, 0.05) is 11.8 Å². The minimum Gasteiger partial charge on any atom is -0.455 e. The number of pyridine rings is 1. The van der Waals surface area contributed by atoms with Crippen LogP contribution in [0.5, 0.6) is 11.5 Å². The number of rotatable bonds is 4.